The Kier molecular flexibility index (Phi) is 2.00. The number of halogens is 3. The minimum absolute atomic E-state index is 0.189. The summed E-state index contributed by atoms with van der Waals surface area (Å²) in [7, 11) is 0. The summed E-state index contributed by atoms with van der Waals surface area (Å²) in [5, 5.41) is 0.189. The molecule has 0 bridgehead atoms. The molecular weight excluding hydrogens is 240 g/mol. The summed E-state index contributed by atoms with van der Waals surface area (Å²) in [6.45, 7) is 0. The molecule has 0 fully saturated rings. The molecular formula is C9H4BrF2N. The fourth-order valence-electron chi connectivity index (χ4n) is 1.13. The highest BCUT2D eigenvalue weighted by Crippen LogP contribution is 2.24. The van der Waals surface area contributed by atoms with Gasteiger partial charge in [-0.3, -0.25) is 4.98 Å². The van der Waals surface area contributed by atoms with Crippen molar-refractivity contribution in [1.29, 1.82) is 0 Å². The van der Waals surface area contributed by atoms with Crippen LogP contribution in [0.2, 0.25) is 0 Å². The molecule has 2 aromatic rings. The van der Waals surface area contributed by atoms with Gasteiger partial charge < -0.3 is 0 Å². The zero-order chi connectivity index (χ0) is 9.42. The van der Waals surface area contributed by atoms with Gasteiger partial charge >= 0.3 is 0 Å². The molecule has 0 aliphatic rings. The quantitative estimate of drug-likeness (QED) is 0.692. The maximum absolute atomic E-state index is 13.1. The molecule has 0 amide bonds. The van der Waals surface area contributed by atoms with E-state index in [1.54, 1.807) is 6.07 Å². The molecule has 0 unspecified atom stereocenters. The molecule has 0 aliphatic carbocycles. The summed E-state index contributed by atoms with van der Waals surface area (Å²) in [6.07, 6.45) is 1.06. The largest absolute Gasteiger partial charge is 0.252 e. The van der Waals surface area contributed by atoms with Crippen molar-refractivity contribution in [2.45, 2.75) is 0 Å². The van der Waals surface area contributed by atoms with Crippen molar-refractivity contribution in [3.8, 4) is 0 Å². The van der Waals surface area contributed by atoms with Gasteiger partial charge in [0, 0.05) is 9.86 Å². The van der Waals surface area contributed by atoms with Gasteiger partial charge in [0.1, 0.15) is 11.6 Å². The van der Waals surface area contributed by atoms with Crippen LogP contribution in [0.5, 0.6) is 0 Å². The molecule has 0 aliphatic heterocycles. The molecule has 0 radical (unpaired) electrons. The fraction of sp³-hybridized carbons (Fsp3) is 0. The Morgan fingerprint density at radius 1 is 1.23 bits per heavy atom. The number of aromatic nitrogens is 1. The van der Waals surface area contributed by atoms with Crippen molar-refractivity contribution in [2.75, 3.05) is 0 Å². The van der Waals surface area contributed by atoms with Crippen molar-refractivity contribution in [3.05, 3.63) is 40.5 Å². The van der Waals surface area contributed by atoms with Gasteiger partial charge in [-0.1, -0.05) is 0 Å². The second kappa shape index (κ2) is 3.03. The maximum atomic E-state index is 13.1. The third kappa shape index (κ3) is 1.42. The van der Waals surface area contributed by atoms with Crippen LogP contribution in [0.1, 0.15) is 0 Å². The maximum Gasteiger partial charge on any atom is 0.142 e. The lowest BCUT2D eigenvalue weighted by Gasteiger charge is -2.00. The van der Waals surface area contributed by atoms with Gasteiger partial charge in [0.25, 0.3) is 0 Å². The van der Waals surface area contributed by atoms with Crippen molar-refractivity contribution in [3.63, 3.8) is 0 Å². The Balaban J connectivity index is 2.92. The Morgan fingerprint density at radius 2 is 2.00 bits per heavy atom. The Bertz CT molecular complexity index is 470. The number of hydrogen-bond acceptors (Lipinski definition) is 1. The van der Waals surface area contributed by atoms with Crippen molar-refractivity contribution >= 4 is 26.8 Å². The molecule has 0 atom stereocenters. The molecule has 0 spiro atoms. The van der Waals surface area contributed by atoms with E-state index in [4.69, 9.17) is 0 Å². The molecule has 0 N–H and O–H groups in total. The van der Waals surface area contributed by atoms with E-state index in [0.29, 0.717) is 9.99 Å². The third-order valence-electron chi connectivity index (χ3n) is 1.71. The summed E-state index contributed by atoms with van der Waals surface area (Å²) in [6, 6.07) is 3.94. The van der Waals surface area contributed by atoms with E-state index in [1.165, 1.54) is 6.07 Å². The van der Waals surface area contributed by atoms with Crippen LogP contribution in [0.15, 0.2) is 28.9 Å². The highest BCUT2D eigenvalue weighted by molar-refractivity contribution is 9.10. The first-order valence-corrected chi connectivity index (χ1v) is 4.37. The van der Waals surface area contributed by atoms with Gasteiger partial charge in [0.2, 0.25) is 0 Å². The predicted molar refractivity (Wildman–Crippen MR) is 49.4 cm³/mol. The number of pyridine rings is 1. The first kappa shape index (κ1) is 8.56. The average Bonchev–Trinajstić information content (AvgIpc) is 2.12. The molecule has 0 saturated carbocycles. The summed E-state index contributed by atoms with van der Waals surface area (Å²) in [5.41, 5.74) is 0.432. The summed E-state index contributed by atoms with van der Waals surface area (Å²) < 4.78 is 26.5. The predicted octanol–water partition coefficient (Wildman–Crippen LogP) is 3.28. The van der Waals surface area contributed by atoms with E-state index in [-0.39, 0.29) is 5.39 Å². The molecule has 0 saturated heterocycles. The van der Waals surface area contributed by atoms with Crippen molar-refractivity contribution in [2.24, 2.45) is 0 Å². The number of hydrogen-bond donors (Lipinski definition) is 0. The lowest BCUT2D eigenvalue weighted by atomic mass is 10.2. The van der Waals surface area contributed by atoms with Gasteiger partial charge in [0.15, 0.2) is 0 Å². The van der Waals surface area contributed by atoms with Crippen LogP contribution in [-0.2, 0) is 0 Å². The van der Waals surface area contributed by atoms with E-state index in [9.17, 15) is 8.78 Å². The minimum atomic E-state index is -0.537. The van der Waals surface area contributed by atoms with E-state index in [0.717, 1.165) is 12.3 Å². The number of fused-ring (bicyclic) bond motifs is 1. The fourth-order valence-corrected chi connectivity index (χ4v) is 1.57. The summed E-state index contributed by atoms with van der Waals surface area (Å²) in [4.78, 5) is 3.78. The van der Waals surface area contributed by atoms with Gasteiger partial charge in [-0.05, 0) is 34.1 Å². The van der Waals surface area contributed by atoms with Gasteiger partial charge in [-0.15, -0.1) is 0 Å². The van der Waals surface area contributed by atoms with Crippen molar-refractivity contribution in [1.82, 2.24) is 4.98 Å². The van der Waals surface area contributed by atoms with Crippen LogP contribution < -0.4 is 0 Å². The summed E-state index contributed by atoms with van der Waals surface area (Å²) in [5.74, 6) is -1.00. The van der Waals surface area contributed by atoms with E-state index < -0.39 is 11.6 Å². The molecule has 2 rings (SSSR count). The minimum Gasteiger partial charge on any atom is -0.252 e. The lowest BCUT2D eigenvalue weighted by Crippen LogP contribution is -1.86. The van der Waals surface area contributed by atoms with Crippen LogP contribution in [0.3, 0.4) is 0 Å². The lowest BCUT2D eigenvalue weighted by molar-refractivity contribution is 0.616. The van der Waals surface area contributed by atoms with Crippen LogP contribution in [0.25, 0.3) is 10.9 Å². The summed E-state index contributed by atoms with van der Waals surface area (Å²) >= 11 is 3.20. The van der Waals surface area contributed by atoms with Crippen molar-refractivity contribution < 1.29 is 8.78 Å². The average molecular weight is 244 g/mol. The van der Waals surface area contributed by atoms with Gasteiger partial charge in [-0.2, -0.15) is 0 Å². The molecule has 1 aromatic heterocycles. The smallest absolute Gasteiger partial charge is 0.142 e. The Morgan fingerprint density at radius 3 is 2.77 bits per heavy atom. The first-order chi connectivity index (χ1) is 6.18. The highest BCUT2D eigenvalue weighted by atomic mass is 79.9. The normalized spacial score (nSPS) is 10.7. The van der Waals surface area contributed by atoms with Crippen LogP contribution >= 0.6 is 15.9 Å². The zero-order valence-electron chi connectivity index (χ0n) is 6.39. The standard InChI is InChI=1S/C9H4BrF2N/c10-7-1-2-8(12)6-3-5(11)4-13-9(6)7/h1-4H. The zero-order valence-corrected chi connectivity index (χ0v) is 7.98. The van der Waals surface area contributed by atoms with Gasteiger partial charge in [-0.25, -0.2) is 8.78 Å². The first-order valence-electron chi connectivity index (χ1n) is 3.58. The van der Waals surface area contributed by atoms with Crippen LogP contribution in [0, 0.1) is 11.6 Å². The molecule has 4 heteroatoms. The second-order valence-electron chi connectivity index (χ2n) is 2.58. The third-order valence-corrected chi connectivity index (χ3v) is 2.35. The van der Waals surface area contributed by atoms with E-state index in [2.05, 4.69) is 20.9 Å². The number of nitrogens with zero attached hydrogens (tertiary/aromatic N) is 1. The van der Waals surface area contributed by atoms with Crippen LogP contribution in [0.4, 0.5) is 8.78 Å². The SMILES string of the molecule is Fc1cnc2c(Br)ccc(F)c2c1. The molecule has 1 nitrogen and oxygen atoms in total. The number of benzene rings is 1. The van der Waals surface area contributed by atoms with E-state index >= 15 is 0 Å². The van der Waals surface area contributed by atoms with Crippen LogP contribution in [-0.4, -0.2) is 4.98 Å². The van der Waals surface area contributed by atoms with E-state index in [1.807, 2.05) is 0 Å². The Hall–Kier alpha value is -1.03. The highest BCUT2D eigenvalue weighted by Gasteiger charge is 2.05. The number of rotatable bonds is 0. The Labute approximate surface area is 81.5 Å². The topological polar surface area (TPSA) is 12.9 Å². The molecule has 13 heavy (non-hydrogen) atoms. The molecule has 1 aromatic carbocycles. The second-order valence-corrected chi connectivity index (χ2v) is 3.43. The molecule has 1 heterocycles. The molecule has 66 valence electrons. The van der Waals surface area contributed by atoms with Gasteiger partial charge in [0.05, 0.1) is 11.7 Å². The monoisotopic (exact) mass is 243 g/mol.